The summed E-state index contributed by atoms with van der Waals surface area (Å²) in [5, 5.41) is 0. The van der Waals surface area contributed by atoms with E-state index in [4.69, 9.17) is 4.43 Å². The van der Waals surface area contributed by atoms with E-state index in [0.717, 1.165) is 10.5 Å². The van der Waals surface area contributed by atoms with E-state index < -0.39 is 0 Å². The number of hydrogen-bond acceptors (Lipinski definition) is 1. The molecule has 0 aliphatic heterocycles. The molecule has 0 bridgehead atoms. The van der Waals surface area contributed by atoms with E-state index in [0.29, 0.717) is 0 Å². The molecule has 0 saturated heterocycles. The fraction of sp³-hybridized carbons (Fsp3) is 1.00. The Labute approximate surface area is 125 Å². The second-order valence-electron chi connectivity index (χ2n) is 6.60. The summed E-state index contributed by atoms with van der Waals surface area (Å²) in [6, 6.07) is 0. The van der Waals surface area contributed by atoms with Gasteiger partial charge in [-0.3, -0.25) is 0 Å². The first kappa shape index (κ1) is 19.2. The van der Waals surface area contributed by atoms with Gasteiger partial charge in [-0.2, -0.15) is 0 Å². The van der Waals surface area contributed by atoms with Crippen molar-refractivity contribution in [3.05, 3.63) is 0 Å². The Morgan fingerprint density at radius 3 is 1.42 bits per heavy atom. The van der Waals surface area contributed by atoms with Crippen molar-refractivity contribution >= 4 is 10.5 Å². The minimum absolute atomic E-state index is 0.144. The van der Waals surface area contributed by atoms with E-state index in [2.05, 4.69) is 20.8 Å². The molecule has 19 heavy (non-hydrogen) atoms. The molecule has 0 aliphatic carbocycles. The molecule has 0 fully saturated rings. The van der Waals surface area contributed by atoms with Gasteiger partial charge in [0.2, 0.25) is 0 Å². The van der Waals surface area contributed by atoms with Crippen LogP contribution in [0.25, 0.3) is 0 Å². The van der Waals surface area contributed by atoms with E-state index in [1.54, 1.807) is 0 Å². The summed E-state index contributed by atoms with van der Waals surface area (Å²) < 4.78 is 5.58. The molecule has 116 valence electrons. The highest BCUT2D eigenvalue weighted by Crippen LogP contribution is 2.18. The van der Waals surface area contributed by atoms with Gasteiger partial charge in [0, 0.05) is 5.60 Å². The van der Waals surface area contributed by atoms with Crippen LogP contribution in [0.4, 0.5) is 0 Å². The third-order valence-corrected chi connectivity index (χ3v) is 5.29. The molecule has 0 atom stereocenters. The smallest absolute Gasteiger partial charge is 0.146 e. The van der Waals surface area contributed by atoms with Gasteiger partial charge in [-0.15, -0.1) is 0 Å². The predicted octanol–water partition coefficient (Wildman–Crippen LogP) is 5.15. The van der Waals surface area contributed by atoms with Gasteiger partial charge in [-0.05, 0) is 20.3 Å². The highest BCUT2D eigenvalue weighted by molar-refractivity contribution is 5.98. The zero-order valence-electron chi connectivity index (χ0n) is 14.1. The van der Waals surface area contributed by atoms with Crippen molar-refractivity contribution in [2.24, 2.45) is 0 Å². The van der Waals surface area contributed by atoms with Crippen LogP contribution in [0.2, 0.25) is 0 Å². The van der Waals surface area contributed by atoms with Crippen molar-refractivity contribution in [1.29, 1.82) is 0 Å². The summed E-state index contributed by atoms with van der Waals surface area (Å²) in [6.45, 7) is 6.73. The Balaban J connectivity index is 3.07. The Kier molecular flexibility index (Phi) is 13.3. The van der Waals surface area contributed by atoms with Gasteiger partial charge in [0.15, 0.2) is 0 Å². The maximum absolute atomic E-state index is 5.58. The minimum atomic E-state index is 0.144. The molecular formula is C17H38OSi. The third-order valence-electron chi connectivity index (χ3n) is 4.18. The average Bonchev–Trinajstić information content (AvgIpc) is 2.40. The number of rotatable bonds is 14. The SMILES string of the molecule is CCCCCCCCCCCCCCC(C)(C)O[SiH3]. The van der Waals surface area contributed by atoms with Gasteiger partial charge in [-0.1, -0.05) is 84.0 Å². The first-order valence-corrected chi connectivity index (χ1v) is 9.49. The fourth-order valence-electron chi connectivity index (χ4n) is 2.49. The van der Waals surface area contributed by atoms with Crippen LogP contribution < -0.4 is 0 Å². The second kappa shape index (κ2) is 13.2. The van der Waals surface area contributed by atoms with Crippen LogP contribution in [0.15, 0.2) is 0 Å². The maximum atomic E-state index is 5.58. The maximum Gasteiger partial charge on any atom is 0.146 e. The molecule has 0 rings (SSSR count). The van der Waals surface area contributed by atoms with Crippen LogP contribution in [0.5, 0.6) is 0 Å². The molecular weight excluding hydrogens is 248 g/mol. The lowest BCUT2D eigenvalue weighted by Gasteiger charge is -2.23. The summed E-state index contributed by atoms with van der Waals surface area (Å²) in [7, 11) is 0.868. The largest absolute Gasteiger partial charge is 0.423 e. The van der Waals surface area contributed by atoms with Gasteiger partial charge in [-0.25, -0.2) is 0 Å². The first-order valence-electron chi connectivity index (χ1n) is 8.67. The molecule has 0 saturated carbocycles. The van der Waals surface area contributed by atoms with Crippen molar-refractivity contribution in [1.82, 2.24) is 0 Å². The summed E-state index contributed by atoms with van der Waals surface area (Å²) in [4.78, 5) is 0. The van der Waals surface area contributed by atoms with Gasteiger partial charge in [0.05, 0.1) is 0 Å². The van der Waals surface area contributed by atoms with Crippen molar-refractivity contribution in [2.75, 3.05) is 0 Å². The molecule has 0 aromatic heterocycles. The van der Waals surface area contributed by atoms with Crippen LogP contribution in [0, 0.1) is 0 Å². The summed E-state index contributed by atoms with van der Waals surface area (Å²) in [6.07, 6.45) is 18.4. The lowest BCUT2D eigenvalue weighted by molar-refractivity contribution is 0.109. The minimum Gasteiger partial charge on any atom is -0.423 e. The number of hydrogen-bond donors (Lipinski definition) is 0. The highest BCUT2D eigenvalue weighted by Gasteiger charge is 2.13. The molecule has 0 spiro atoms. The van der Waals surface area contributed by atoms with Crippen molar-refractivity contribution in [2.45, 2.75) is 110 Å². The normalized spacial score (nSPS) is 12.2. The van der Waals surface area contributed by atoms with E-state index in [1.165, 1.54) is 83.5 Å². The predicted molar refractivity (Wildman–Crippen MR) is 90.8 cm³/mol. The molecule has 2 heteroatoms. The van der Waals surface area contributed by atoms with Gasteiger partial charge < -0.3 is 4.43 Å². The summed E-state index contributed by atoms with van der Waals surface area (Å²) >= 11 is 0. The zero-order chi connectivity index (χ0) is 14.4. The van der Waals surface area contributed by atoms with Crippen LogP contribution in [-0.2, 0) is 4.43 Å². The molecule has 0 N–H and O–H groups in total. The topological polar surface area (TPSA) is 9.23 Å². The summed E-state index contributed by atoms with van der Waals surface area (Å²) in [5.41, 5.74) is 0.144. The lowest BCUT2D eigenvalue weighted by Crippen LogP contribution is -2.22. The molecule has 0 unspecified atom stereocenters. The van der Waals surface area contributed by atoms with E-state index in [-0.39, 0.29) is 5.60 Å². The van der Waals surface area contributed by atoms with Crippen LogP contribution in [0.3, 0.4) is 0 Å². The Bertz CT molecular complexity index is 180. The lowest BCUT2D eigenvalue weighted by atomic mass is 9.99. The van der Waals surface area contributed by atoms with E-state index in [9.17, 15) is 0 Å². The van der Waals surface area contributed by atoms with Gasteiger partial charge in [0.1, 0.15) is 10.5 Å². The van der Waals surface area contributed by atoms with Crippen molar-refractivity contribution in [3.8, 4) is 0 Å². The molecule has 1 nitrogen and oxygen atoms in total. The van der Waals surface area contributed by atoms with Crippen LogP contribution >= 0.6 is 0 Å². The monoisotopic (exact) mass is 286 g/mol. The van der Waals surface area contributed by atoms with Crippen molar-refractivity contribution < 1.29 is 4.43 Å². The Hall–Kier alpha value is 0.177. The quantitative estimate of drug-likeness (QED) is 0.317. The fourth-order valence-corrected chi connectivity index (χ4v) is 2.70. The Morgan fingerprint density at radius 2 is 1.05 bits per heavy atom. The molecule has 0 aromatic carbocycles. The second-order valence-corrected chi connectivity index (χ2v) is 7.01. The average molecular weight is 287 g/mol. The Morgan fingerprint density at radius 1 is 0.684 bits per heavy atom. The molecule has 0 radical (unpaired) electrons. The van der Waals surface area contributed by atoms with E-state index in [1.807, 2.05) is 0 Å². The summed E-state index contributed by atoms with van der Waals surface area (Å²) in [5.74, 6) is 0. The molecule has 0 amide bonds. The molecule has 0 heterocycles. The zero-order valence-corrected chi connectivity index (χ0v) is 16.1. The van der Waals surface area contributed by atoms with Crippen LogP contribution in [-0.4, -0.2) is 16.1 Å². The van der Waals surface area contributed by atoms with Gasteiger partial charge in [0.25, 0.3) is 0 Å². The molecule has 0 aliphatic rings. The highest BCUT2D eigenvalue weighted by atomic mass is 28.2. The van der Waals surface area contributed by atoms with Crippen LogP contribution in [0.1, 0.15) is 104 Å². The van der Waals surface area contributed by atoms with E-state index >= 15 is 0 Å². The van der Waals surface area contributed by atoms with Crippen molar-refractivity contribution in [3.63, 3.8) is 0 Å². The van der Waals surface area contributed by atoms with Gasteiger partial charge >= 0.3 is 0 Å². The number of unbranched alkanes of at least 4 members (excludes halogenated alkanes) is 11. The molecule has 0 aromatic rings. The third kappa shape index (κ3) is 14.4. The first-order chi connectivity index (χ1) is 9.12. The standard InChI is InChI=1S/C17H38OSi/c1-4-5-6-7-8-9-10-11-12-13-14-15-16-17(2,3)18-19/h4-16H2,1-3,19H3.